The van der Waals surface area contributed by atoms with Crippen LogP contribution >= 0.6 is 0 Å². The molecule has 200 valence electrons. The molecule has 0 radical (unpaired) electrons. The lowest BCUT2D eigenvalue weighted by Gasteiger charge is -2.52. The number of allylic oxidation sites excluding steroid dienone is 3. The molecule has 7 heteroatoms. The molecular weight excluding hydrogens is 472 g/mol. The third-order valence-electron chi connectivity index (χ3n) is 10.2. The monoisotopic (exact) mass is 510 g/mol. The molecule has 0 aromatic rings. The van der Waals surface area contributed by atoms with Gasteiger partial charge in [-0.2, -0.15) is 0 Å². The van der Waals surface area contributed by atoms with Gasteiger partial charge in [-0.1, -0.05) is 39.2 Å². The first-order valence-corrected chi connectivity index (χ1v) is 13.2. The molecule has 2 fully saturated rings. The van der Waals surface area contributed by atoms with Crippen molar-refractivity contribution in [2.45, 2.75) is 70.8 Å². The molecule has 0 saturated heterocycles. The summed E-state index contributed by atoms with van der Waals surface area (Å²) in [6.45, 7) is 11.6. The molecule has 0 bridgehead atoms. The van der Waals surface area contributed by atoms with Gasteiger partial charge in [0.05, 0.1) is 0 Å². The van der Waals surface area contributed by atoms with Gasteiger partial charge in [0, 0.05) is 23.0 Å². The maximum absolute atomic E-state index is 13.2. The lowest BCUT2D eigenvalue weighted by molar-refractivity contribution is -0.154. The maximum Gasteiger partial charge on any atom is 0.331 e. The van der Waals surface area contributed by atoms with E-state index in [-0.39, 0.29) is 46.5 Å². The van der Waals surface area contributed by atoms with Crippen molar-refractivity contribution in [2.24, 2.45) is 40.4 Å². The molecule has 0 spiro atoms. The smallest absolute Gasteiger partial charge is 0.331 e. The molecule has 4 aliphatic carbocycles. The van der Waals surface area contributed by atoms with E-state index in [0.29, 0.717) is 38.5 Å². The Balaban J connectivity index is 1.59. The van der Waals surface area contributed by atoms with E-state index < -0.39 is 40.6 Å². The number of hydrogen-bond acceptors (Lipinski definition) is 5. The Kier molecular flexibility index (Phi) is 6.99. The van der Waals surface area contributed by atoms with Crippen molar-refractivity contribution in [3.8, 4) is 0 Å². The Bertz CT molecular complexity index is 1110. The van der Waals surface area contributed by atoms with E-state index in [0.717, 1.165) is 6.42 Å². The second-order valence-electron chi connectivity index (χ2n) is 12.3. The van der Waals surface area contributed by atoms with E-state index in [1.54, 1.807) is 6.08 Å². The Hall–Kier alpha value is -2.80. The minimum Gasteiger partial charge on any atom is -0.478 e. The fraction of sp³-hybridized carbons (Fsp3) is 0.600. The number of rotatable bonds is 7. The minimum atomic E-state index is -1.71. The van der Waals surface area contributed by atoms with Crippen LogP contribution in [0.4, 0.5) is 0 Å². The summed E-state index contributed by atoms with van der Waals surface area (Å²) in [4.78, 5) is 49.5. The lowest BCUT2D eigenvalue weighted by Crippen LogP contribution is -2.56. The zero-order valence-corrected chi connectivity index (χ0v) is 21.7. The van der Waals surface area contributed by atoms with Gasteiger partial charge in [-0.15, -0.1) is 0 Å². The van der Waals surface area contributed by atoms with E-state index in [1.807, 2.05) is 19.1 Å². The quantitative estimate of drug-likeness (QED) is 0.430. The largest absolute Gasteiger partial charge is 0.478 e. The van der Waals surface area contributed by atoms with Crippen molar-refractivity contribution in [1.82, 2.24) is 0 Å². The van der Waals surface area contributed by atoms with Crippen LogP contribution in [0.25, 0.3) is 0 Å². The highest BCUT2D eigenvalue weighted by Crippen LogP contribution is 2.56. The van der Waals surface area contributed by atoms with Crippen LogP contribution in [-0.2, 0) is 19.2 Å². The van der Waals surface area contributed by atoms with E-state index in [1.165, 1.54) is 6.08 Å². The highest BCUT2D eigenvalue weighted by molar-refractivity contribution is 5.98. The third kappa shape index (κ3) is 4.67. The van der Waals surface area contributed by atoms with Crippen LogP contribution in [0.3, 0.4) is 0 Å². The van der Waals surface area contributed by atoms with Crippen molar-refractivity contribution < 1.29 is 34.5 Å². The molecule has 7 nitrogen and oxygen atoms in total. The molecule has 0 amide bonds. The van der Waals surface area contributed by atoms with E-state index >= 15 is 0 Å². The number of aliphatic hydroxyl groups is 1. The zero-order chi connectivity index (χ0) is 27.3. The normalized spacial score (nSPS) is 41.0. The highest BCUT2D eigenvalue weighted by atomic mass is 16.4. The van der Waals surface area contributed by atoms with Crippen LogP contribution in [0.5, 0.6) is 0 Å². The lowest BCUT2D eigenvalue weighted by atomic mass is 9.52. The van der Waals surface area contributed by atoms with E-state index in [4.69, 9.17) is 0 Å². The Morgan fingerprint density at radius 2 is 1.46 bits per heavy atom. The van der Waals surface area contributed by atoms with Crippen LogP contribution in [0, 0.1) is 40.4 Å². The molecule has 0 aromatic heterocycles. The molecule has 0 aliphatic heterocycles. The van der Waals surface area contributed by atoms with Gasteiger partial charge in [0.1, 0.15) is 5.60 Å². The fourth-order valence-electron chi connectivity index (χ4n) is 7.64. The molecule has 37 heavy (non-hydrogen) atoms. The summed E-state index contributed by atoms with van der Waals surface area (Å²) in [6, 6.07) is 0. The number of hydrogen-bond donors (Lipinski definition) is 3. The molecule has 2 saturated carbocycles. The summed E-state index contributed by atoms with van der Waals surface area (Å²) in [6.07, 6.45) is 10.8. The molecule has 4 rings (SSSR count). The van der Waals surface area contributed by atoms with Crippen LogP contribution < -0.4 is 0 Å². The number of aliphatic carboxylic acids is 2. The van der Waals surface area contributed by atoms with E-state index in [9.17, 15) is 34.5 Å². The number of ketones is 2. The highest BCUT2D eigenvalue weighted by Gasteiger charge is 2.56. The van der Waals surface area contributed by atoms with Gasteiger partial charge in [0.15, 0.2) is 11.6 Å². The average molecular weight is 511 g/mol. The van der Waals surface area contributed by atoms with Gasteiger partial charge in [0.25, 0.3) is 0 Å². The predicted octanol–water partition coefficient (Wildman–Crippen LogP) is 4.52. The zero-order valence-electron chi connectivity index (χ0n) is 21.7. The van der Waals surface area contributed by atoms with Crippen LogP contribution in [0.2, 0.25) is 0 Å². The summed E-state index contributed by atoms with van der Waals surface area (Å²) >= 11 is 0. The average Bonchev–Trinajstić information content (AvgIpc) is 2.85. The van der Waals surface area contributed by atoms with Crippen LogP contribution in [0.15, 0.2) is 48.6 Å². The minimum absolute atomic E-state index is 0.0602. The van der Waals surface area contributed by atoms with Crippen molar-refractivity contribution in [1.29, 1.82) is 0 Å². The van der Waals surface area contributed by atoms with Crippen molar-refractivity contribution in [3.05, 3.63) is 48.6 Å². The Morgan fingerprint density at radius 1 is 0.919 bits per heavy atom. The molecule has 0 aromatic carbocycles. The number of carbonyl (C=O) groups excluding carboxylic acids is 2. The van der Waals surface area contributed by atoms with Gasteiger partial charge in [0.2, 0.25) is 0 Å². The molecule has 8 atom stereocenters. The van der Waals surface area contributed by atoms with Crippen molar-refractivity contribution >= 4 is 23.5 Å². The van der Waals surface area contributed by atoms with Gasteiger partial charge in [-0.3, -0.25) is 9.59 Å². The SMILES string of the molecule is C=C(C(=O)O)[C@@H]1CC[C@@]2(C)C=CC(=O)[C@@H](CC[C@@]3(O)C(=O)C=C[C@]4(C)CC[C@@H](C(=C)C(=O)O)C[C@@H]34)[C@@H]2C1. The van der Waals surface area contributed by atoms with Crippen LogP contribution in [0.1, 0.15) is 65.2 Å². The van der Waals surface area contributed by atoms with Gasteiger partial charge >= 0.3 is 11.9 Å². The van der Waals surface area contributed by atoms with Crippen LogP contribution in [-0.4, -0.2) is 44.4 Å². The van der Waals surface area contributed by atoms with Crippen molar-refractivity contribution in [3.63, 3.8) is 0 Å². The number of fused-ring (bicyclic) bond motifs is 2. The maximum atomic E-state index is 13.2. The summed E-state index contributed by atoms with van der Waals surface area (Å²) in [5.74, 6) is -4.15. The molecular formula is C30H38O7. The molecule has 0 heterocycles. The Labute approximate surface area is 218 Å². The first-order chi connectivity index (χ1) is 17.2. The number of carboxylic acids is 2. The topological polar surface area (TPSA) is 129 Å². The summed E-state index contributed by atoms with van der Waals surface area (Å²) < 4.78 is 0. The van der Waals surface area contributed by atoms with Crippen molar-refractivity contribution in [2.75, 3.05) is 0 Å². The van der Waals surface area contributed by atoms with Gasteiger partial charge in [-0.25, -0.2) is 9.59 Å². The first kappa shape index (κ1) is 27.2. The second-order valence-corrected chi connectivity index (χ2v) is 12.3. The molecule has 0 unspecified atom stereocenters. The van der Waals surface area contributed by atoms with Gasteiger partial charge in [-0.05, 0) is 92.1 Å². The van der Waals surface area contributed by atoms with E-state index in [2.05, 4.69) is 20.1 Å². The predicted molar refractivity (Wildman–Crippen MR) is 137 cm³/mol. The summed E-state index contributed by atoms with van der Waals surface area (Å²) in [7, 11) is 0. The second kappa shape index (κ2) is 9.50. The summed E-state index contributed by atoms with van der Waals surface area (Å²) in [5, 5.41) is 30.9. The third-order valence-corrected chi connectivity index (χ3v) is 10.2. The molecule has 3 N–H and O–H groups in total. The Morgan fingerprint density at radius 3 is 2.05 bits per heavy atom. The number of carboxylic acid groups (broad SMARTS) is 2. The first-order valence-electron chi connectivity index (χ1n) is 13.2. The molecule has 4 aliphatic rings. The number of carbonyl (C=O) groups is 4. The summed E-state index contributed by atoms with van der Waals surface area (Å²) in [5.41, 5.74) is -2.18. The standard InChI is InChI=1S/C30H38O7/c1-17(26(33)34)19-5-10-28(3)12-8-23(31)21(22(28)15-19)7-14-30(37)24-16-20(18(2)27(35)36)6-11-29(24,4)13-9-25(30)32/h8-9,12-13,19-22,24,37H,1-2,5-7,10-11,14-16H2,3-4H3,(H,33,34)(H,35,36)/t19-,20-,21+,22+,24-,28+,29+,30+/m1/s1. The van der Waals surface area contributed by atoms with Gasteiger partial charge < -0.3 is 15.3 Å². The fourth-order valence-corrected chi connectivity index (χ4v) is 7.64.